The van der Waals surface area contributed by atoms with Crippen LogP contribution in [0.15, 0.2) is 42.7 Å². The van der Waals surface area contributed by atoms with Crippen molar-refractivity contribution in [3.8, 4) is 0 Å². The highest BCUT2D eigenvalue weighted by Gasteiger charge is 2.29. The maximum Gasteiger partial charge on any atom is 0.243 e. The summed E-state index contributed by atoms with van der Waals surface area (Å²) in [5.74, 6) is -2.07. The van der Waals surface area contributed by atoms with Crippen LogP contribution in [-0.4, -0.2) is 39.5 Å². The third kappa shape index (κ3) is 4.94. The van der Waals surface area contributed by atoms with E-state index in [0.717, 1.165) is 49.6 Å². The molecule has 1 atom stereocenters. The molecule has 0 saturated carbocycles. The summed E-state index contributed by atoms with van der Waals surface area (Å²) in [5, 5.41) is 3.90. The number of piperidine rings is 1. The third-order valence-electron chi connectivity index (χ3n) is 6.07. The number of imidazole rings is 1. The van der Waals surface area contributed by atoms with Gasteiger partial charge < -0.3 is 9.88 Å². The molecular weight excluding hydrogens is 434 g/mol. The number of carbonyl (C=O) groups is 1. The van der Waals surface area contributed by atoms with Gasteiger partial charge in [0.15, 0.2) is 11.6 Å². The molecule has 1 saturated heterocycles. The molecule has 1 unspecified atom stereocenters. The largest absolute Gasteiger partial charge is 0.351 e. The number of nitrogens with zero attached hydrogens (tertiary/aromatic N) is 3. The predicted molar refractivity (Wildman–Crippen MR) is 121 cm³/mol. The van der Waals surface area contributed by atoms with Gasteiger partial charge >= 0.3 is 0 Å². The molecule has 0 radical (unpaired) electrons. The van der Waals surface area contributed by atoms with Crippen LogP contribution in [0.1, 0.15) is 38.3 Å². The van der Waals surface area contributed by atoms with E-state index >= 15 is 0 Å². The van der Waals surface area contributed by atoms with Gasteiger partial charge in [0.2, 0.25) is 5.91 Å². The molecule has 0 aliphatic carbocycles. The lowest BCUT2D eigenvalue weighted by molar-refractivity contribution is -0.126. The Hall–Kier alpha value is -2.51. The molecule has 1 aliphatic heterocycles. The zero-order valence-corrected chi connectivity index (χ0v) is 18.9. The third-order valence-corrected chi connectivity index (χ3v) is 6.32. The van der Waals surface area contributed by atoms with Gasteiger partial charge in [-0.25, -0.2) is 13.8 Å². The fraction of sp³-hybridized carbons (Fsp3) is 0.417. The molecule has 1 amide bonds. The number of rotatable bonds is 6. The molecule has 2 heterocycles. The highest BCUT2D eigenvalue weighted by atomic mass is 35.5. The molecular formula is C24H27ClF2N4O. The molecule has 32 heavy (non-hydrogen) atoms. The minimum Gasteiger partial charge on any atom is -0.351 e. The molecule has 1 aliphatic rings. The number of halogens is 3. The Morgan fingerprint density at radius 2 is 1.81 bits per heavy atom. The van der Waals surface area contributed by atoms with Crippen molar-refractivity contribution in [3.63, 3.8) is 0 Å². The SMILES string of the molecule is CC(C)C(C(=O)NC1CCN(Cc2ccc(Cl)cc2)CC1)n1cnc2cc(F)c(F)cc21. The molecule has 170 valence electrons. The van der Waals surface area contributed by atoms with Crippen LogP contribution in [0.3, 0.4) is 0 Å². The van der Waals surface area contributed by atoms with E-state index in [1.807, 2.05) is 38.1 Å². The standard InChI is InChI=1S/C24H27ClF2N4O/c1-15(2)23(31-14-28-21-11-19(26)20(27)12-22(21)31)24(32)29-18-7-9-30(10-8-18)13-16-3-5-17(25)6-4-16/h3-6,11-12,14-15,18,23H,7-10,13H2,1-2H3,(H,29,32). The molecule has 8 heteroatoms. The van der Waals surface area contributed by atoms with Gasteiger partial charge in [0.05, 0.1) is 17.4 Å². The average Bonchev–Trinajstić information content (AvgIpc) is 3.13. The number of hydrogen-bond acceptors (Lipinski definition) is 3. The van der Waals surface area contributed by atoms with E-state index in [2.05, 4.69) is 15.2 Å². The van der Waals surface area contributed by atoms with E-state index < -0.39 is 17.7 Å². The Bertz CT molecular complexity index is 1090. The molecule has 1 aromatic heterocycles. The van der Waals surface area contributed by atoms with Gasteiger partial charge in [0.25, 0.3) is 0 Å². The molecule has 3 aromatic rings. The number of fused-ring (bicyclic) bond motifs is 1. The molecule has 4 rings (SSSR count). The smallest absolute Gasteiger partial charge is 0.243 e. The van der Waals surface area contributed by atoms with Gasteiger partial charge in [-0.1, -0.05) is 37.6 Å². The highest BCUT2D eigenvalue weighted by Crippen LogP contribution is 2.26. The number of nitrogens with one attached hydrogen (secondary N) is 1. The van der Waals surface area contributed by atoms with Gasteiger partial charge in [0.1, 0.15) is 6.04 Å². The normalized spacial score (nSPS) is 16.6. The molecule has 5 nitrogen and oxygen atoms in total. The first kappa shape index (κ1) is 22.7. The van der Waals surface area contributed by atoms with Crippen LogP contribution in [-0.2, 0) is 11.3 Å². The Kier molecular flexibility index (Phi) is 6.76. The van der Waals surface area contributed by atoms with Gasteiger partial charge in [-0.15, -0.1) is 0 Å². The minimum absolute atomic E-state index is 0.0505. The van der Waals surface area contributed by atoms with Crippen molar-refractivity contribution in [1.82, 2.24) is 19.8 Å². The quantitative estimate of drug-likeness (QED) is 0.566. The topological polar surface area (TPSA) is 50.2 Å². The van der Waals surface area contributed by atoms with E-state index in [-0.39, 0.29) is 17.9 Å². The second-order valence-corrected chi connectivity index (χ2v) is 9.22. The van der Waals surface area contributed by atoms with Crippen LogP contribution in [0.2, 0.25) is 5.02 Å². The highest BCUT2D eigenvalue weighted by molar-refractivity contribution is 6.30. The minimum atomic E-state index is -0.949. The monoisotopic (exact) mass is 460 g/mol. The number of aromatic nitrogens is 2. The van der Waals surface area contributed by atoms with E-state index in [9.17, 15) is 13.6 Å². The van der Waals surface area contributed by atoms with Crippen molar-refractivity contribution in [2.24, 2.45) is 5.92 Å². The van der Waals surface area contributed by atoms with E-state index in [1.165, 1.54) is 11.9 Å². The Morgan fingerprint density at radius 1 is 1.16 bits per heavy atom. The lowest BCUT2D eigenvalue weighted by Gasteiger charge is -2.33. The number of amides is 1. The fourth-order valence-corrected chi connectivity index (χ4v) is 4.49. The van der Waals surface area contributed by atoms with Gasteiger partial charge in [-0.3, -0.25) is 9.69 Å². The fourth-order valence-electron chi connectivity index (χ4n) is 4.36. The van der Waals surface area contributed by atoms with Crippen molar-refractivity contribution < 1.29 is 13.6 Å². The maximum absolute atomic E-state index is 13.8. The van der Waals surface area contributed by atoms with E-state index in [4.69, 9.17) is 11.6 Å². The van der Waals surface area contributed by atoms with Crippen LogP contribution in [0.4, 0.5) is 8.78 Å². The second kappa shape index (κ2) is 9.55. The average molecular weight is 461 g/mol. The Morgan fingerprint density at radius 3 is 2.47 bits per heavy atom. The van der Waals surface area contributed by atoms with Crippen LogP contribution in [0.25, 0.3) is 11.0 Å². The number of benzene rings is 2. The summed E-state index contributed by atoms with van der Waals surface area (Å²) in [7, 11) is 0. The Labute approximate surface area is 191 Å². The van der Waals surface area contributed by atoms with Crippen LogP contribution in [0.5, 0.6) is 0 Å². The predicted octanol–water partition coefficient (Wildman–Crippen LogP) is 4.95. The van der Waals surface area contributed by atoms with Crippen LogP contribution < -0.4 is 5.32 Å². The first-order valence-corrected chi connectivity index (χ1v) is 11.3. The maximum atomic E-state index is 13.8. The summed E-state index contributed by atoms with van der Waals surface area (Å²) in [5.41, 5.74) is 1.96. The first-order chi connectivity index (χ1) is 15.3. The number of hydrogen-bond donors (Lipinski definition) is 1. The van der Waals surface area contributed by atoms with E-state index in [0.29, 0.717) is 11.0 Å². The zero-order chi connectivity index (χ0) is 22.8. The molecule has 1 fully saturated rings. The molecule has 2 aromatic carbocycles. The van der Waals surface area contributed by atoms with Crippen LogP contribution >= 0.6 is 11.6 Å². The Balaban J connectivity index is 1.40. The zero-order valence-electron chi connectivity index (χ0n) is 18.2. The number of carbonyl (C=O) groups excluding carboxylic acids is 1. The summed E-state index contributed by atoms with van der Waals surface area (Å²) in [6.07, 6.45) is 3.20. The summed E-state index contributed by atoms with van der Waals surface area (Å²) in [6, 6.07) is 9.56. The second-order valence-electron chi connectivity index (χ2n) is 8.78. The van der Waals surface area contributed by atoms with Crippen molar-refractivity contribution in [2.75, 3.05) is 13.1 Å². The van der Waals surface area contributed by atoms with E-state index in [1.54, 1.807) is 4.57 Å². The van der Waals surface area contributed by atoms with Gasteiger partial charge in [-0.05, 0) is 36.5 Å². The van der Waals surface area contributed by atoms with Gasteiger partial charge in [0, 0.05) is 42.8 Å². The summed E-state index contributed by atoms with van der Waals surface area (Å²) >= 11 is 5.96. The molecule has 0 bridgehead atoms. The summed E-state index contributed by atoms with van der Waals surface area (Å²) in [6.45, 7) is 6.50. The van der Waals surface area contributed by atoms with Crippen LogP contribution in [0, 0.1) is 17.6 Å². The summed E-state index contributed by atoms with van der Waals surface area (Å²) in [4.78, 5) is 19.7. The van der Waals surface area contributed by atoms with Crippen molar-refractivity contribution >= 4 is 28.5 Å². The lowest BCUT2D eigenvalue weighted by atomic mass is 10.00. The molecule has 1 N–H and O–H groups in total. The first-order valence-electron chi connectivity index (χ1n) is 10.9. The lowest BCUT2D eigenvalue weighted by Crippen LogP contribution is -2.47. The summed E-state index contributed by atoms with van der Waals surface area (Å²) < 4.78 is 29.0. The number of likely N-dealkylation sites (tertiary alicyclic amines) is 1. The molecule has 0 spiro atoms. The van der Waals surface area contributed by atoms with Crippen molar-refractivity contribution in [1.29, 1.82) is 0 Å². The van der Waals surface area contributed by atoms with Crippen molar-refractivity contribution in [2.45, 2.75) is 45.3 Å². The van der Waals surface area contributed by atoms with Crippen molar-refractivity contribution in [3.05, 3.63) is 64.9 Å². The van der Waals surface area contributed by atoms with Gasteiger partial charge in [-0.2, -0.15) is 0 Å².